The lowest BCUT2D eigenvalue weighted by Crippen LogP contribution is -2.54. The number of carbonyl (C=O) groups excluding carboxylic acids is 1. The van der Waals surface area contributed by atoms with Crippen molar-refractivity contribution in [3.63, 3.8) is 0 Å². The topological polar surface area (TPSA) is 137 Å². The number of carbonyl (C=O) groups is 1. The van der Waals surface area contributed by atoms with Crippen molar-refractivity contribution in [1.29, 1.82) is 5.26 Å². The number of likely N-dealkylation sites (tertiary alicyclic amines) is 1. The Morgan fingerprint density at radius 2 is 2.05 bits per heavy atom. The van der Waals surface area contributed by atoms with Gasteiger partial charge in [-0.25, -0.2) is 18.7 Å². The van der Waals surface area contributed by atoms with Gasteiger partial charge in [-0.3, -0.25) is 4.79 Å². The monoisotopic (exact) mass is 565 g/mol. The van der Waals surface area contributed by atoms with Crippen LogP contribution in [0.1, 0.15) is 18.9 Å². The lowest BCUT2D eigenvalue weighted by atomic mass is 10.0. The molecule has 1 aromatic heterocycles. The van der Waals surface area contributed by atoms with Crippen LogP contribution in [-0.4, -0.2) is 88.4 Å². The Labute approximate surface area is 235 Å². The largest absolute Gasteiger partial charge is 0.483 e. The van der Waals surface area contributed by atoms with E-state index in [1.165, 1.54) is 25.4 Å². The van der Waals surface area contributed by atoms with Gasteiger partial charge in [0.15, 0.2) is 11.9 Å². The molecule has 0 aliphatic carbocycles. The molecule has 3 heterocycles. The molecular formula is C28H29F2N7O4. The number of aliphatic hydroxyl groups is 1. The fraction of sp³-hybridized carbons (Fsp3) is 0.393. The zero-order chi connectivity index (χ0) is 29.0. The molecule has 5 rings (SSSR count). The van der Waals surface area contributed by atoms with Gasteiger partial charge in [0.2, 0.25) is 11.9 Å². The molecule has 2 unspecified atom stereocenters. The van der Waals surface area contributed by atoms with Crippen molar-refractivity contribution in [2.75, 3.05) is 49.6 Å². The summed E-state index contributed by atoms with van der Waals surface area (Å²) in [5.41, 5.74) is 2.29. The van der Waals surface area contributed by atoms with E-state index in [1.54, 1.807) is 6.07 Å². The van der Waals surface area contributed by atoms with Gasteiger partial charge in [-0.05, 0) is 42.5 Å². The maximum Gasteiger partial charge on any atom is 0.301 e. The number of morpholine rings is 1. The molecule has 11 nitrogen and oxygen atoms in total. The van der Waals surface area contributed by atoms with Crippen molar-refractivity contribution in [3.05, 3.63) is 54.4 Å². The van der Waals surface area contributed by atoms with Gasteiger partial charge in [0, 0.05) is 49.9 Å². The highest BCUT2D eigenvalue weighted by Gasteiger charge is 2.47. The van der Waals surface area contributed by atoms with Crippen LogP contribution in [0.4, 0.5) is 26.1 Å². The zero-order valence-electron chi connectivity index (χ0n) is 22.3. The summed E-state index contributed by atoms with van der Waals surface area (Å²) < 4.78 is 40.4. The van der Waals surface area contributed by atoms with Crippen LogP contribution in [-0.2, 0) is 9.53 Å². The van der Waals surface area contributed by atoms with Crippen LogP contribution in [0, 0.1) is 11.3 Å². The second-order valence-electron chi connectivity index (χ2n) is 9.85. The SMILES string of the molecule is CC(=O)N1CCC(Oc2ccc(-c3ncnc(Nc4ccc(N5CCOC(CO)C5)cc4)n3)cc2C#N)C(F)(F)C1. The average Bonchev–Trinajstić information content (AvgIpc) is 2.98. The Bertz CT molecular complexity index is 1430. The minimum absolute atomic E-state index is 0.0234. The number of rotatable bonds is 7. The highest BCUT2D eigenvalue weighted by atomic mass is 19.3. The number of nitrogens with zero attached hydrogens (tertiary/aromatic N) is 6. The number of anilines is 3. The summed E-state index contributed by atoms with van der Waals surface area (Å²) in [6.45, 7) is 2.53. The van der Waals surface area contributed by atoms with E-state index < -0.39 is 24.5 Å². The first-order valence-electron chi connectivity index (χ1n) is 13.1. The van der Waals surface area contributed by atoms with Crippen molar-refractivity contribution < 1.29 is 28.2 Å². The number of nitrogens with one attached hydrogen (secondary N) is 1. The summed E-state index contributed by atoms with van der Waals surface area (Å²) >= 11 is 0. The number of aliphatic hydroxyl groups excluding tert-OH is 1. The van der Waals surface area contributed by atoms with Crippen LogP contribution in [0.5, 0.6) is 5.75 Å². The first-order valence-corrected chi connectivity index (χ1v) is 13.1. The van der Waals surface area contributed by atoms with Crippen molar-refractivity contribution in [1.82, 2.24) is 19.9 Å². The number of benzene rings is 2. The fourth-order valence-electron chi connectivity index (χ4n) is 4.79. The maximum atomic E-state index is 14.7. The molecule has 0 radical (unpaired) electrons. The quantitative estimate of drug-likeness (QED) is 0.440. The van der Waals surface area contributed by atoms with Crippen LogP contribution in [0.15, 0.2) is 48.8 Å². The molecule has 13 heteroatoms. The molecule has 2 atom stereocenters. The second kappa shape index (κ2) is 12.0. The molecule has 0 saturated carbocycles. The lowest BCUT2D eigenvalue weighted by molar-refractivity contribution is -0.158. The van der Waals surface area contributed by atoms with Gasteiger partial charge in [-0.2, -0.15) is 10.2 Å². The van der Waals surface area contributed by atoms with Crippen LogP contribution in [0.2, 0.25) is 0 Å². The highest BCUT2D eigenvalue weighted by molar-refractivity contribution is 5.73. The van der Waals surface area contributed by atoms with Gasteiger partial charge in [0.1, 0.15) is 18.1 Å². The van der Waals surface area contributed by atoms with Crippen molar-refractivity contribution in [3.8, 4) is 23.2 Å². The Morgan fingerprint density at radius 1 is 1.24 bits per heavy atom. The van der Waals surface area contributed by atoms with Gasteiger partial charge >= 0.3 is 5.92 Å². The third-order valence-corrected chi connectivity index (χ3v) is 7.01. The van der Waals surface area contributed by atoms with Gasteiger partial charge in [-0.15, -0.1) is 0 Å². The summed E-state index contributed by atoms with van der Waals surface area (Å²) in [5.74, 6) is -3.09. The van der Waals surface area contributed by atoms with Crippen molar-refractivity contribution in [2.45, 2.75) is 31.5 Å². The smallest absolute Gasteiger partial charge is 0.301 e. The maximum absolute atomic E-state index is 14.7. The molecule has 2 aliphatic rings. The predicted octanol–water partition coefficient (Wildman–Crippen LogP) is 2.99. The molecule has 2 aliphatic heterocycles. The number of aromatic nitrogens is 3. The summed E-state index contributed by atoms with van der Waals surface area (Å²) in [7, 11) is 0. The van der Waals surface area contributed by atoms with Crippen LogP contribution >= 0.6 is 0 Å². The predicted molar refractivity (Wildman–Crippen MR) is 145 cm³/mol. The number of ether oxygens (including phenoxy) is 2. The van der Waals surface area contributed by atoms with Crippen molar-refractivity contribution >= 4 is 23.2 Å². The summed E-state index contributed by atoms with van der Waals surface area (Å²) in [4.78, 5) is 27.6. The zero-order valence-corrected chi connectivity index (χ0v) is 22.3. The van der Waals surface area contributed by atoms with Crippen LogP contribution in [0.25, 0.3) is 11.4 Å². The van der Waals surface area contributed by atoms with Gasteiger partial charge in [0.25, 0.3) is 0 Å². The standard InChI is InChI=1S/C28H29F2N7O4/c1-18(39)37-9-8-25(28(29,30)16-37)41-24-7-2-19(12-20(24)13-31)26-32-17-33-27(35-26)34-21-3-5-22(6-4-21)36-10-11-40-23(14-36)15-38/h2-7,12,17,23,25,38H,8-11,14-16H2,1H3,(H,32,33,34,35). The van der Waals surface area contributed by atoms with E-state index in [9.17, 15) is 23.9 Å². The second-order valence-corrected chi connectivity index (χ2v) is 9.85. The lowest BCUT2D eigenvalue weighted by Gasteiger charge is -2.37. The highest BCUT2D eigenvalue weighted by Crippen LogP contribution is 2.33. The number of halogens is 2. The van der Waals surface area contributed by atoms with E-state index in [1.807, 2.05) is 30.3 Å². The number of amides is 1. The van der Waals surface area contributed by atoms with Crippen LogP contribution < -0.4 is 15.0 Å². The molecule has 2 aromatic carbocycles. The average molecular weight is 566 g/mol. The first kappa shape index (κ1) is 28.1. The summed E-state index contributed by atoms with van der Waals surface area (Å²) in [6.07, 6.45) is -0.394. The molecular weight excluding hydrogens is 536 g/mol. The minimum Gasteiger partial charge on any atom is -0.483 e. The summed E-state index contributed by atoms with van der Waals surface area (Å²) in [6, 6.07) is 14.2. The normalized spacial score (nSPS) is 20.3. The molecule has 2 saturated heterocycles. The molecule has 0 spiro atoms. The molecule has 41 heavy (non-hydrogen) atoms. The van der Waals surface area contributed by atoms with Crippen molar-refractivity contribution in [2.24, 2.45) is 0 Å². The summed E-state index contributed by atoms with van der Waals surface area (Å²) in [5, 5.41) is 22.2. The van der Waals surface area contributed by atoms with E-state index in [0.717, 1.165) is 22.8 Å². The number of alkyl halides is 2. The molecule has 0 bridgehead atoms. The third-order valence-electron chi connectivity index (χ3n) is 7.01. The van der Waals surface area contributed by atoms with E-state index in [2.05, 4.69) is 25.2 Å². The van der Waals surface area contributed by atoms with Gasteiger partial charge in [0.05, 0.1) is 31.4 Å². The number of nitriles is 1. The Morgan fingerprint density at radius 3 is 2.76 bits per heavy atom. The molecule has 3 aromatic rings. The van der Waals surface area contributed by atoms with E-state index in [4.69, 9.17) is 9.47 Å². The molecule has 2 N–H and O–H groups in total. The van der Waals surface area contributed by atoms with E-state index >= 15 is 0 Å². The van der Waals surface area contributed by atoms with Gasteiger partial charge in [-0.1, -0.05) is 0 Å². The third kappa shape index (κ3) is 6.50. The van der Waals surface area contributed by atoms with E-state index in [-0.39, 0.29) is 48.8 Å². The fourth-order valence-corrected chi connectivity index (χ4v) is 4.79. The molecule has 1 amide bonds. The van der Waals surface area contributed by atoms with Gasteiger partial charge < -0.3 is 29.7 Å². The number of hydrogen-bond acceptors (Lipinski definition) is 10. The van der Waals surface area contributed by atoms with E-state index in [0.29, 0.717) is 18.7 Å². The molecule has 214 valence electrons. The Balaban J connectivity index is 1.27. The Hall–Kier alpha value is -4.41. The Kier molecular flexibility index (Phi) is 8.23. The minimum atomic E-state index is -3.26. The van der Waals surface area contributed by atoms with Crippen LogP contribution in [0.3, 0.4) is 0 Å². The number of piperidine rings is 1. The number of hydrogen-bond donors (Lipinski definition) is 2. The molecule has 2 fully saturated rings. The first-order chi connectivity index (χ1) is 19.8.